The van der Waals surface area contributed by atoms with Gasteiger partial charge in [0.1, 0.15) is 0 Å². The topological polar surface area (TPSA) is 77.5 Å². The second-order valence-corrected chi connectivity index (χ2v) is 4.18. The van der Waals surface area contributed by atoms with Crippen LogP contribution in [0.3, 0.4) is 0 Å². The first-order chi connectivity index (χ1) is 8.18. The smallest absolute Gasteiger partial charge is 0.261 e. The second-order valence-electron chi connectivity index (χ2n) is 4.18. The molecule has 2 aromatic heterocycles. The highest BCUT2D eigenvalue weighted by atomic mass is 16.1. The minimum absolute atomic E-state index is 0.0781. The van der Waals surface area contributed by atoms with Gasteiger partial charge in [0.2, 0.25) is 0 Å². The number of pyridine rings is 1. The van der Waals surface area contributed by atoms with Crippen molar-refractivity contribution in [3.63, 3.8) is 0 Å². The Balaban J connectivity index is 2.47. The standard InChI is InChI=1S/C12H11N3O2/c13-10(16)8-4-2-6-15-11(8)14-9-5-1-3-7(9)12(15)17/h2,4,6H,1,3,5H2,(H2,13,16). The van der Waals surface area contributed by atoms with E-state index in [9.17, 15) is 9.59 Å². The zero-order chi connectivity index (χ0) is 12.0. The molecule has 0 bridgehead atoms. The number of aromatic nitrogens is 2. The number of hydrogen-bond donors (Lipinski definition) is 1. The van der Waals surface area contributed by atoms with Crippen molar-refractivity contribution in [2.75, 3.05) is 0 Å². The zero-order valence-corrected chi connectivity index (χ0v) is 9.14. The first-order valence-corrected chi connectivity index (χ1v) is 5.51. The number of carbonyl (C=O) groups is 1. The zero-order valence-electron chi connectivity index (χ0n) is 9.14. The summed E-state index contributed by atoms with van der Waals surface area (Å²) < 4.78 is 1.41. The lowest BCUT2D eigenvalue weighted by Crippen LogP contribution is -2.23. The highest BCUT2D eigenvalue weighted by Gasteiger charge is 2.19. The summed E-state index contributed by atoms with van der Waals surface area (Å²) in [6, 6.07) is 3.23. The molecule has 1 amide bonds. The Hall–Kier alpha value is -2.17. The van der Waals surface area contributed by atoms with Crippen LogP contribution in [0.4, 0.5) is 0 Å². The van der Waals surface area contributed by atoms with Crippen LogP contribution in [-0.4, -0.2) is 15.3 Å². The quantitative estimate of drug-likeness (QED) is 0.763. The van der Waals surface area contributed by atoms with E-state index in [0.29, 0.717) is 11.2 Å². The molecule has 0 saturated carbocycles. The molecule has 0 fully saturated rings. The van der Waals surface area contributed by atoms with Crippen molar-refractivity contribution in [1.82, 2.24) is 9.38 Å². The van der Waals surface area contributed by atoms with E-state index < -0.39 is 5.91 Å². The first kappa shape index (κ1) is 10.0. The van der Waals surface area contributed by atoms with Gasteiger partial charge in [-0.15, -0.1) is 0 Å². The molecule has 0 radical (unpaired) electrons. The number of primary amides is 1. The van der Waals surface area contributed by atoms with Crippen LogP contribution < -0.4 is 11.3 Å². The molecule has 0 spiro atoms. The summed E-state index contributed by atoms with van der Waals surface area (Å²) in [5.41, 5.74) is 7.44. The lowest BCUT2D eigenvalue weighted by molar-refractivity contribution is 0.100. The third kappa shape index (κ3) is 1.35. The van der Waals surface area contributed by atoms with Crippen molar-refractivity contribution in [3.8, 4) is 0 Å². The lowest BCUT2D eigenvalue weighted by Gasteiger charge is -2.06. The number of hydrogen-bond acceptors (Lipinski definition) is 3. The summed E-state index contributed by atoms with van der Waals surface area (Å²) >= 11 is 0. The molecule has 0 atom stereocenters. The Morgan fingerprint density at radius 2 is 2.24 bits per heavy atom. The van der Waals surface area contributed by atoms with Gasteiger partial charge < -0.3 is 5.73 Å². The number of nitrogens with two attached hydrogens (primary N) is 1. The van der Waals surface area contributed by atoms with Gasteiger partial charge in [-0.1, -0.05) is 0 Å². The van der Waals surface area contributed by atoms with Crippen LogP contribution in [0.5, 0.6) is 0 Å². The van der Waals surface area contributed by atoms with Gasteiger partial charge in [0.25, 0.3) is 11.5 Å². The van der Waals surface area contributed by atoms with Crippen molar-refractivity contribution in [3.05, 3.63) is 45.5 Å². The normalized spacial score (nSPS) is 13.9. The van der Waals surface area contributed by atoms with E-state index in [1.807, 2.05) is 0 Å². The summed E-state index contributed by atoms with van der Waals surface area (Å²) in [5, 5.41) is 0. The Kier molecular flexibility index (Phi) is 2.01. The molecule has 0 unspecified atom stereocenters. The van der Waals surface area contributed by atoms with Crippen LogP contribution in [0.2, 0.25) is 0 Å². The summed E-state index contributed by atoms with van der Waals surface area (Å²) in [6.07, 6.45) is 4.13. The molecule has 0 saturated heterocycles. The summed E-state index contributed by atoms with van der Waals surface area (Å²) in [6.45, 7) is 0. The van der Waals surface area contributed by atoms with Gasteiger partial charge in [-0.25, -0.2) is 4.98 Å². The van der Waals surface area contributed by atoms with Crippen LogP contribution in [0.25, 0.3) is 5.65 Å². The molecule has 5 heteroatoms. The minimum atomic E-state index is -0.562. The number of nitrogens with zero attached hydrogens (tertiary/aromatic N) is 2. The molecule has 3 rings (SSSR count). The van der Waals surface area contributed by atoms with Crippen molar-refractivity contribution in [2.24, 2.45) is 5.73 Å². The van der Waals surface area contributed by atoms with Crippen LogP contribution >= 0.6 is 0 Å². The van der Waals surface area contributed by atoms with Gasteiger partial charge in [0.05, 0.1) is 11.3 Å². The van der Waals surface area contributed by atoms with Crippen molar-refractivity contribution in [2.45, 2.75) is 19.3 Å². The van der Waals surface area contributed by atoms with E-state index in [-0.39, 0.29) is 5.56 Å². The fourth-order valence-electron chi connectivity index (χ4n) is 2.33. The summed E-state index contributed by atoms with van der Waals surface area (Å²) in [5.74, 6) is -0.562. The molecule has 0 aliphatic heterocycles. The maximum Gasteiger partial charge on any atom is 0.261 e. The lowest BCUT2D eigenvalue weighted by atomic mass is 10.2. The van der Waals surface area contributed by atoms with Gasteiger partial charge in [0, 0.05) is 11.8 Å². The molecule has 2 aromatic rings. The highest BCUT2D eigenvalue weighted by Crippen LogP contribution is 2.18. The van der Waals surface area contributed by atoms with Gasteiger partial charge in [-0.3, -0.25) is 14.0 Å². The number of fused-ring (bicyclic) bond motifs is 2. The number of aryl methyl sites for hydroxylation is 1. The Morgan fingerprint density at radius 1 is 1.41 bits per heavy atom. The average molecular weight is 229 g/mol. The summed E-state index contributed by atoms with van der Waals surface area (Å²) in [4.78, 5) is 27.9. The SMILES string of the molecule is NC(=O)c1cccn2c(=O)c3c(nc12)CCC3. The maximum absolute atomic E-state index is 12.2. The first-order valence-electron chi connectivity index (χ1n) is 5.51. The van der Waals surface area contributed by atoms with Gasteiger partial charge in [-0.2, -0.15) is 0 Å². The van der Waals surface area contributed by atoms with Crippen molar-refractivity contribution < 1.29 is 4.79 Å². The van der Waals surface area contributed by atoms with Crippen LogP contribution in [0.15, 0.2) is 23.1 Å². The van der Waals surface area contributed by atoms with E-state index in [2.05, 4.69) is 4.98 Å². The molecule has 2 N–H and O–H groups in total. The summed E-state index contributed by atoms with van der Waals surface area (Å²) in [7, 11) is 0. The van der Waals surface area contributed by atoms with Crippen molar-refractivity contribution in [1.29, 1.82) is 0 Å². The fraction of sp³-hybridized carbons (Fsp3) is 0.250. The van der Waals surface area contributed by atoms with Gasteiger partial charge in [0.15, 0.2) is 5.65 Å². The molecule has 5 nitrogen and oxygen atoms in total. The number of amides is 1. The third-order valence-electron chi connectivity index (χ3n) is 3.14. The van der Waals surface area contributed by atoms with Gasteiger partial charge >= 0.3 is 0 Å². The van der Waals surface area contributed by atoms with E-state index in [0.717, 1.165) is 30.5 Å². The molecule has 2 heterocycles. The number of rotatable bonds is 1. The Labute approximate surface area is 96.9 Å². The van der Waals surface area contributed by atoms with E-state index in [1.165, 1.54) is 4.40 Å². The number of carbonyl (C=O) groups excluding carboxylic acids is 1. The van der Waals surface area contributed by atoms with Crippen LogP contribution in [-0.2, 0) is 12.8 Å². The molecule has 17 heavy (non-hydrogen) atoms. The van der Waals surface area contributed by atoms with E-state index >= 15 is 0 Å². The highest BCUT2D eigenvalue weighted by molar-refractivity contribution is 5.98. The van der Waals surface area contributed by atoms with Gasteiger partial charge in [-0.05, 0) is 31.4 Å². The molecular weight excluding hydrogens is 218 g/mol. The fourth-order valence-corrected chi connectivity index (χ4v) is 2.33. The monoisotopic (exact) mass is 229 g/mol. The average Bonchev–Trinajstić information content (AvgIpc) is 2.77. The predicted octanol–water partition coefficient (Wildman–Crippen LogP) is 0.282. The predicted molar refractivity (Wildman–Crippen MR) is 62.0 cm³/mol. The molecule has 0 aromatic carbocycles. The van der Waals surface area contributed by atoms with Crippen LogP contribution in [0.1, 0.15) is 28.0 Å². The van der Waals surface area contributed by atoms with Crippen molar-refractivity contribution >= 4 is 11.6 Å². The maximum atomic E-state index is 12.2. The molecule has 1 aliphatic carbocycles. The minimum Gasteiger partial charge on any atom is -0.365 e. The van der Waals surface area contributed by atoms with E-state index in [1.54, 1.807) is 18.3 Å². The molecule has 1 aliphatic rings. The molecule has 86 valence electrons. The van der Waals surface area contributed by atoms with Crippen LogP contribution in [0, 0.1) is 0 Å². The molecular formula is C12H11N3O2. The second kappa shape index (κ2) is 3.41. The van der Waals surface area contributed by atoms with E-state index in [4.69, 9.17) is 5.73 Å². The largest absolute Gasteiger partial charge is 0.365 e. The Bertz CT molecular complexity index is 688. The third-order valence-corrected chi connectivity index (χ3v) is 3.14. The Morgan fingerprint density at radius 3 is 3.00 bits per heavy atom.